The van der Waals surface area contributed by atoms with Crippen molar-refractivity contribution in [2.75, 3.05) is 13.7 Å². The third kappa shape index (κ3) is 4.39. The van der Waals surface area contributed by atoms with E-state index >= 15 is 0 Å². The van der Waals surface area contributed by atoms with Gasteiger partial charge in [-0.2, -0.15) is 0 Å². The van der Waals surface area contributed by atoms with E-state index in [2.05, 4.69) is 12.2 Å². The van der Waals surface area contributed by atoms with Crippen molar-refractivity contribution in [3.63, 3.8) is 0 Å². The van der Waals surface area contributed by atoms with E-state index < -0.39 is 0 Å². The van der Waals surface area contributed by atoms with Gasteiger partial charge in [-0.15, -0.1) is 11.6 Å². The molecule has 0 aliphatic rings. The Morgan fingerprint density at radius 1 is 1.50 bits per heavy atom. The molecule has 1 N–H and O–H groups in total. The standard InChI is InChI=1S/C13H17Cl2NO2/c1-3-4-10(15)8-16-13(17)11-7-9(14)5-6-12(11)18-2/h5-7,10H,3-4,8H2,1-2H3,(H,16,17). The van der Waals surface area contributed by atoms with Crippen LogP contribution in [0, 0.1) is 0 Å². The molecule has 0 bridgehead atoms. The molecule has 0 saturated carbocycles. The van der Waals surface area contributed by atoms with E-state index in [0.29, 0.717) is 22.9 Å². The van der Waals surface area contributed by atoms with Crippen molar-refractivity contribution in [3.8, 4) is 5.75 Å². The number of carbonyl (C=O) groups is 1. The highest BCUT2D eigenvalue weighted by Crippen LogP contribution is 2.22. The lowest BCUT2D eigenvalue weighted by molar-refractivity contribution is 0.0950. The van der Waals surface area contributed by atoms with Crippen LogP contribution >= 0.6 is 23.2 Å². The van der Waals surface area contributed by atoms with Gasteiger partial charge >= 0.3 is 0 Å². The van der Waals surface area contributed by atoms with Crippen molar-refractivity contribution < 1.29 is 9.53 Å². The van der Waals surface area contributed by atoms with E-state index in [1.807, 2.05) is 0 Å². The fourth-order valence-electron chi connectivity index (χ4n) is 1.57. The fraction of sp³-hybridized carbons (Fsp3) is 0.462. The number of hydrogen-bond acceptors (Lipinski definition) is 2. The number of alkyl halides is 1. The summed E-state index contributed by atoms with van der Waals surface area (Å²) in [6, 6.07) is 4.93. The molecule has 1 rings (SSSR count). The molecule has 3 nitrogen and oxygen atoms in total. The second-order valence-corrected chi connectivity index (χ2v) is 4.99. The van der Waals surface area contributed by atoms with Gasteiger partial charge in [-0.3, -0.25) is 4.79 Å². The number of carbonyl (C=O) groups excluding carboxylic acids is 1. The van der Waals surface area contributed by atoms with E-state index in [-0.39, 0.29) is 11.3 Å². The second-order valence-electron chi connectivity index (χ2n) is 3.94. The molecule has 0 radical (unpaired) electrons. The molecule has 100 valence electrons. The third-order valence-corrected chi connectivity index (χ3v) is 3.10. The van der Waals surface area contributed by atoms with Crippen LogP contribution in [0.4, 0.5) is 0 Å². The minimum absolute atomic E-state index is 0.0517. The maximum Gasteiger partial charge on any atom is 0.255 e. The molecule has 0 fully saturated rings. The van der Waals surface area contributed by atoms with Crippen molar-refractivity contribution in [1.82, 2.24) is 5.32 Å². The zero-order chi connectivity index (χ0) is 13.5. The molecule has 0 heterocycles. The molecular formula is C13H17Cl2NO2. The Labute approximate surface area is 117 Å². The summed E-state index contributed by atoms with van der Waals surface area (Å²) in [6.07, 6.45) is 1.86. The highest BCUT2D eigenvalue weighted by atomic mass is 35.5. The Balaban J connectivity index is 2.68. The normalized spacial score (nSPS) is 12.0. The predicted molar refractivity (Wildman–Crippen MR) is 74.9 cm³/mol. The number of benzene rings is 1. The molecule has 1 unspecified atom stereocenters. The molecule has 1 aromatic carbocycles. The van der Waals surface area contributed by atoms with Gasteiger partial charge in [-0.05, 0) is 24.6 Å². The summed E-state index contributed by atoms with van der Waals surface area (Å²) in [5, 5.41) is 3.22. The second kappa shape index (κ2) is 7.49. The molecular weight excluding hydrogens is 273 g/mol. The van der Waals surface area contributed by atoms with Gasteiger partial charge in [0.2, 0.25) is 0 Å². The number of amides is 1. The summed E-state index contributed by atoms with van der Waals surface area (Å²) in [6.45, 7) is 2.49. The number of nitrogens with one attached hydrogen (secondary N) is 1. The van der Waals surface area contributed by atoms with Crippen molar-refractivity contribution in [1.29, 1.82) is 0 Å². The monoisotopic (exact) mass is 289 g/mol. The number of rotatable bonds is 6. The van der Waals surface area contributed by atoms with Crippen molar-refractivity contribution in [3.05, 3.63) is 28.8 Å². The molecule has 0 aromatic heterocycles. The summed E-state index contributed by atoms with van der Waals surface area (Å²) < 4.78 is 5.12. The van der Waals surface area contributed by atoms with Gasteiger partial charge < -0.3 is 10.1 Å². The van der Waals surface area contributed by atoms with Gasteiger partial charge in [0.05, 0.1) is 18.1 Å². The summed E-state index contributed by atoms with van der Waals surface area (Å²) in [5.41, 5.74) is 0.422. The average Bonchev–Trinajstić information content (AvgIpc) is 2.36. The average molecular weight is 290 g/mol. The Hall–Kier alpha value is -0.930. The molecule has 1 amide bonds. The Bertz CT molecular complexity index is 410. The number of methoxy groups -OCH3 is 1. The lowest BCUT2D eigenvalue weighted by Gasteiger charge is -2.12. The molecule has 0 spiro atoms. The summed E-state index contributed by atoms with van der Waals surface area (Å²) in [7, 11) is 1.52. The highest BCUT2D eigenvalue weighted by molar-refractivity contribution is 6.31. The zero-order valence-electron chi connectivity index (χ0n) is 10.5. The lowest BCUT2D eigenvalue weighted by atomic mass is 10.2. The minimum atomic E-state index is -0.226. The van der Waals surface area contributed by atoms with Crippen LogP contribution in [0.1, 0.15) is 30.1 Å². The molecule has 18 heavy (non-hydrogen) atoms. The molecule has 0 aliphatic carbocycles. The first-order chi connectivity index (χ1) is 8.58. The maximum atomic E-state index is 12.0. The summed E-state index contributed by atoms with van der Waals surface area (Å²) >= 11 is 11.9. The molecule has 1 atom stereocenters. The molecule has 0 saturated heterocycles. The van der Waals surface area contributed by atoms with Crippen LogP contribution in [0.15, 0.2) is 18.2 Å². The quantitative estimate of drug-likeness (QED) is 0.814. The van der Waals surface area contributed by atoms with Crippen LogP contribution in [0.2, 0.25) is 5.02 Å². The van der Waals surface area contributed by atoms with Crippen molar-refractivity contribution >= 4 is 29.1 Å². The van der Waals surface area contributed by atoms with E-state index in [1.165, 1.54) is 7.11 Å². The van der Waals surface area contributed by atoms with Gasteiger partial charge in [0.15, 0.2) is 0 Å². The first-order valence-electron chi connectivity index (χ1n) is 5.84. The van der Waals surface area contributed by atoms with Crippen LogP contribution in [0.3, 0.4) is 0 Å². The minimum Gasteiger partial charge on any atom is -0.496 e. The van der Waals surface area contributed by atoms with E-state index in [4.69, 9.17) is 27.9 Å². The number of halogens is 2. The fourth-order valence-corrected chi connectivity index (χ4v) is 2.04. The number of hydrogen-bond donors (Lipinski definition) is 1. The van der Waals surface area contributed by atoms with Gasteiger partial charge in [0.1, 0.15) is 5.75 Å². The Morgan fingerprint density at radius 3 is 2.83 bits per heavy atom. The Morgan fingerprint density at radius 2 is 2.22 bits per heavy atom. The summed E-state index contributed by atoms with van der Waals surface area (Å²) in [4.78, 5) is 12.0. The van der Waals surface area contributed by atoms with Crippen LogP contribution in [0.5, 0.6) is 5.75 Å². The lowest BCUT2D eigenvalue weighted by Crippen LogP contribution is -2.30. The predicted octanol–water partition coefficient (Wildman–Crippen LogP) is 3.49. The highest BCUT2D eigenvalue weighted by Gasteiger charge is 2.14. The van der Waals surface area contributed by atoms with E-state index in [0.717, 1.165) is 12.8 Å². The van der Waals surface area contributed by atoms with Gasteiger partial charge in [-0.25, -0.2) is 0 Å². The molecule has 5 heteroatoms. The number of ether oxygens (including phenoxy) is 1. The third-order valence-electron chi connectivity index (χ3n) is 2.49. The SMILES string of the molecule is CCCC(Cl)CNC(=O)c1cc(Cl)ccc1OC. The summed E-state index contributed by atoms with van der Waals surface area (Å²) in [5.74, 6) is 0.273. The maximum absolute atomic E-state index is 12.0. The smallest absolute Gasteiger partial charge is 0.255 e. The first-order valence-corrected chi connectivity index (χ1v) is 6.65. The molecule has 1 aromatic rings. The topological polar surface area (TPSA) is 38.3 Å². The molecule has 0 aliphatic heterocycles. The van der Waals surface area contributed by atoms with Crippen LogP contribution < -0.4 is 10.1 Å². The van der Waals surface area contributed by atoms with Crippen LogP contribution in [-0.4, -0.2) is 24.9 Å². The van der Waals surface area contributed by atoms with Crippen molar-refractivity contribution in [2.45, 2.75) is 25.1 Å². The van der Waals surface area contributed by atoms with Crippen molar-refractivity contribution in [2.24, 2.45) is 0 Å². The van der Waals surface area contributed by atoms with E-state index in [9.17, 15) is 4.79 Å². The largest absolute Gasteiger partial charge is 0.496 e. The van der Waals surface area contributed by atoms with Crippen LogP contribution in [-0.2, 0) is 0 Å². The Kier molecular flexibility index (Phi) is 6.30. The van der Waals surface area contributed by atoms with Gasteiger partial charge in [0, 0.05) is 11.6 Å². The zero-order valence-corrected chi connectivity index (χ0v) is 12.0. The van der Waals surface area contributed by atoms with Gasteiger partial charge in [-0.1, -0.05) is 24.9 Å². The van der Waals surface area contributed by atoms with Gasteiger partial charge in [0.25, 0.3) is 5.91 Å². The van der Waals surface area contributed by atoms with Crippen LogP contribution in [0.25, 0.3) is 0 Å². The van der Waals surface area contributed by atoms with E-state index in [1.54, 1.807) is 18.2 Å². The first kappa shape index (κ1) is 15.1.